The van der Waals surface area contributed by atoms with Gasteiger partial charge in [0.15, 0.2) is 5.69 Å². The van der Waals surface area contributed by atoms with Crippen molar-refractivity contribution in [1.29, 1.82) is 0 Å². The number of carbonyl (C=O) groups excluding carboxylic acids is 1. The van der Waals surface area contributed by atoms with Gasteiger partial charge < -0.3 is 10.0 Å². The molecule has 0 saturated heterocycles. The Bertz CT molecular complexity index is 787. The normalized spacial score (nSPS) is 11.8. The molecule has 0 saturated carbocycles. The summed E-state index contributed by atoms with van der Waals surface area (Å²) >= 11 is 0. The van der Waals surface area contributed by atoms with Crippen LogP contribution in [0.4, 0.5) is 5.69 Å². The van der Waals surface area contributed by atoms with Gasteiger partial charge in [0.1, 0.15) is 0 Å². The van der Waals surface area contributed by atoms with Crippen molar-refractivity contribution in [1.82, 2.24) is 19.9 Å². The van der Waals surface area contributed by atoms with Crippen LogP contribution in [0, 0.1) is 16.0 Å². The molecule has 2 rings (SSSR count). The predicted molar refractivity (Wildman–Crippen MR) is 81.8 cm³/mol. The van der Waals surface area contributed by atoms with Crippen LogP contribution in [0.15, 0.2) is 30.5 Å². The topological polar surface area (TPSA) is 131 Å². The molecular formula is C14H15N5O5. The minimum Gasteiger partial charge on any atom is -0.481 e. The second kappa shape index (κ2) is 6.86. The highest BCUT2D eigenvalue weighted by molar-refractivity contribution is 5.92. The smallest absolute Gasteiger partial charge is 0.308 e. The van der Waals surface area contributed by atoms with Gasteiger partial charge in [0.05, 0.1) is 22.7 Å². The number of nitro benzene ring substituents is 1. The Balaban J connectivity index is 2.18. The van der Waals surface area contributed by atoms with Gasteiger partial charge in [0.2, 0.25) is 0 Å². The first-order chi connectivity index (χ1) is 11.3. The van der Waals surface area contributed by atoms with Gasteiger partial charge in [-0.3, -0.25) is 19.7 Å². The monoisotopic (exact) mass is 333 g/mol. The number of amides is 1. The highest BCUT2D eigenvalue weighted by atomic mass is 16.6. The number of nitrogens with zero attached hydrogens (tertiary/aromatic N) is 5. The summed E-state index contributed by atoms with van der Waals surface area (Å²) < 4.78 is 1.24. The van der Waals surface area contributed by atoms with Crippen LogP contribution in [0.1, 0.15) is 17.4 Å². The summed E-state index contributed by atoms with van der Waals surface area (Å²) in [5, 5.41) is 27.2. The SMILES string of the molecule is CC(CN(C)C(=O)c1cn(-c2cccc([N+](=O)[O-])c2)nn1)C(=O)O. The van der Waals surface area contributed by atoms with E-state index < -0.39 is 22.7 Å². The van der Waals surface area contributed by atoms with E-state index in [2.05, 4.69) is 10.3 Å². The predicted octanol–water partition coefficient (Wildman–Crippen LogP) is 0.968. The van der Waals surface area contributed by atoms with Gasteiger partial charge in [-0.15, -0.1) is 5.10 Å². The summed E-state index contributed by atoms with van der Waals surface area (Å²) in [6, 6.07) is 5.73. The number of non-ortho nitro benzene ring substituents is 1. The number of hydrogen-bond acceptors (Lipinski definition) is 6. The molecule has 1 unspecified atom stereocenters. The third kappa shape index (κ3) is 3.72. The Hall–Kier alpha value is -3.30. The molecule has 1 aromatic heterocycles. The Morgan fingerprint density at radius 1 is 1.46 bits per heavy atom. The van der Waals surface area contributed by atoms with Gasteiger partial charge in [-0.2, -0.15) is 0 Å². The first kappa shape index (κ1) is 17.1. The number of carbonyl (C=O) groups is 2. The van der Waals surface area contributed by atoms with Crippen molar-refractivity contribution < 1.29 is 19.6 Å². The summed E-state index contributed by atoms with van der Waals surface area (Å²) in [5.74, 6) is -2.21. The van der Waals surface area contributed by atoms with Crippen LogP contribution in [0.3, 0.4) is 0 Å². The maximum atomic E-state index is 12.2. The van der Waals surface area contributed by atoms with E-state index in [1.807, 2.05) is 0 Å². The second-order valence-electron chi connectivity index (χ2n) is 5.25. The molecule has 10 nitrogen and oxygen atoms in total. The maximum Gasteiger partial charge on any atom is 0.308 e. The fourth-order valence-electron chi connectivity index (χ4n) is 2.00. The Morgan fingerprint density at radius 3 is 2.79 bits per heavy atom. The van der Waals surface area contributed by atoms with Gasteiger partial charge in [0.25, 0.3) is 11.6 Å². The zero-order valence-electron chi connectivity index (χ0n) is 13.0. The number of rotatable bonds is 6. The summed E-state index contributed by atoms with van der Waals surface area (Å²) in [6.45, 7) is 1.52. The molecule has 1 atom stereocenters. The van der Waals surface area contributed by atoms with E-state index in [1.54, 1.807) is 6.07 Å². The van der Waals surface area contributed by atoms with Crippen LogP contribution in [0.25, 0.3) is 5.69 Å². The average molecular weight is 333 g/mol. The quantitative estimate of drug-likeness (QED) is 0.615. The lowest BCUT2D eigenvalue weighted by Crippen LogP contribution is -2.33. The lowest BCUT2D eigenvalue weighted by Gasteiger charge is -2.17. The molecule has 2 aromatic rings. The molecule has 0 aliphatic carbocycles. The maximum absolute atomic E-state index is 12.2. The highest BCUT2D eigenvalue weighted by Crippen LogP contribution is 2.16. The summed E-state index contributed by atoms with van der Waals surface area (Å²) in [5.41, 5.74) is 0.294. The van der Waals surface area contributed by atoms with Gasteiger partial charge in [-0.05, 0) is 6.07 Å². The van der Waals surface area contributed by atoms with Gasteiger partial charge in [-0.25, -0.2) is 4.68 Å². The number of carboxylic acid groups (broad SMARTS) is 1. The molecule has 1 amide bonds. The van der Waals surface area contributed by atoms with E-state index in [0.717, 1.165) is 0 Å². The molecule has 126 valence electrons. The van der Waals surface area contributed by atoms with E-state index in [4.69, 9.17) is 5.11 Å². The van der Waals surface area contributed by atoms with E-state index in [9.17, 15) is 19.7 Å². The zero-order chi connectivity index (χ0) is 17.9. The number of benzene rings is 1. The van der Waals surface area contributed by atoms with Crippen molar-refractivity contribution >= 4 is 17.6 Å². The largest absolute Gasteiger partial charge is 0.481 e. The third-order valence-electron chi connectivity index (χ3n) is 3.33. The number of carboxylic acids is 1. The molecule has 1 N–H and O–H groups in total. The van der Waals surface area contributed by atoms with Crippen molar-refractivity contribution in [3.8, 4) is 5.69 Å². The van der Waals surface area contributed by atoms with Crippen molar-refractivity contribution in [2.24, 2.45) is 5.92 Å². The fourth-order valence-corrected chi connectivity index (χ4v) is 2.00. The Labute approximate surface area is 136 Å². The molecule has 0 aliphatic heterocycles. The molecule has 1 heterocycles. The van der Waals surface area contributed by atoms with E-state index in [1.165, 1.54) is 47.9 Å². The second-order valence-corrected chi connectivity index (χ2v) is 5.25. The van der Waals surface area contributed by atoms with Crippen LogP contribution in [-0.4, -0.2) is 55.4 Å². The standard InChI is InChI=1S/C14H15N5O5/c1-9(14(21)22)7-17(2)13(20)12-8-18(16-15-12)10-4-3-5-11(6-10)19(23)24/h3-6,8-9H,7H2,1-2H3,(H,21,22). The Kier molecular flexibility index (Phi) is 4.87. The molecular weight excluding hydrogens is 318 g/mol. The van der Waals surface area contributed by atoms with E-state index >= 15 is 0 Å². The molecule has 1 aromatic carbocycles. The molecule has 0 aliphatic rings. The summed E-state index contributed by atoms with van der Waals surface area (Å²) in [4.78, 5) is 34.6. The molecule has 0 spiro atoms. The lowest BCUT2D eigenvalue weighted by molar-refractivity contribution is -0.384. The summed E-state index contributed by atoms with van der Waals surface area (Å²) in [7, 11) is 1.47. The van der Waals surface area contributed by atoms with Crippen LogP contribution >= 0.6 is 0 Å². The molecule has 10 heteroatoms. The van der Waals surface area contributed by atoms with Crippen molar-refractivity contribution in [3.05, 3.63) is 46.3 Å². The zero-order valence-corrected chi connectivity index (χ0v) is 13.0. The molecule has 0 radical (unpaired) electrons. The minimum absolute atomic E-state index is 0.0154. The van der Waals surface area contributed by atoms with Gasteiger partial charge >= 0.3 is 5.97 Å². The first-order valence-electron chi connectivity index (χ1n) is 6.95. The number of nitro groups is 1. The van der Waals surface area contributed by atoms with E-state index in [0.29, 0.717) is 5.69 Å². The average Bonchev–Trinajstić information content (AvgIpc) is 3.03. The summed E-state index contributed by atoms with van der Waals surface area (Å²) in [6.07, 6.45) is 1.34. The number of aromatic nitrogens is 3. The van der Waals surface area contributed by atoms with Crippen LogP contribution in [0.5, 0.6) is 0 Å². The molecule has 24 heavy (non-hydrogen) atoms. The number of aliphatic carboxylic acids is 1. The first-order valence-corrected chi connectivity index (χ1v) is 6.95. The van der Waals surface area contributed by atoms with Crippen LogP contribution in [-0.2, 0) is 4.79 Å². The van der Waals surface area contributed by atoms with E-state index in [-0.39, 0.29) is 17.9 Å². The fraction of sp³-hybridized carbons (Fsp3) is 0.286. The number of hydrogen-bond donors (Lipinski definition) is 1. The van der Waals surface area contributed by atoms with Crippen molar-refractivity contribution in [2.45, 2.75) is 6.92 Å². The Morgan fingerprint density at radius 2 is 2.17 bits per heavy atom. The van der Waals surface area contributed by atoms with Gasteiger partial charge in [-0.1, -0.05) is 18.2 Å². The highest BCUT2D eigenvalue weighted by Gasteiger charge is 2.21. The van der Waals surface area contributed by atoms with Crippen molar-refractivity contribution in [3.63, 3.8) is 0 Å². The molecule has 0 fully saturated rings. The lowest BCUT2D eigenvalue weighted by atomic mass is 10.2. The molecule has 0 bridgehead atoms. The third-order valence-corrected chi connectivity index (χ3v) is 3.33. The van der Waals surface area contributed by atoms with Crippen LogP contribution < -0.4 is 0 Å². The van der Waals surface area contributed by atoms with Crippen LogP contribution in [0.2, 0.25) is 0 Å². The minimum atomic E-state index is -1.00. The van der Waals surface area contributed by atoms with Gasteiger partial charge in [0, 0.05) is 25.7 Å². The van der Waals surface area contributed by atoms with Crippen molar-refractivity contribution in [2.75, 3.05) is 13.6 Å².